The van der Waals surface area contributed by atoms with Crippen LogP contribution in [0.1, 0.15) is 65.7 Å². The van der Waals surface area contributed by atoms with Gasteiger partial charge in [-0.05, 0) is 36.7 Å². The third kappa shape index (κ3) is 3.07. The van der Waals surface area contributed by atoms with Crippen molar-refractivity contribution in [3.8, 4) is 12.3 Å². The van der Waals surface area contributed by atoms with Crippen LogP contribution in [-0.2, 0) is 17.6 Å². The van der Waals surface area contributed by atoms with Crippen LogP contribution in [0.15, 0.2) is 0 Å². The molecule has 2 rings (SSSR count). The molecule has 0 amide bonds. The lowest BCUT2D eigenvalue weighted by molar-refractivity contribution is 0.0498. The van der Waals surface area contributed by atoms with E-state index in [-0.39, 0.29) is 11.4 Å². The molecule has 1 aromatic heterocycles. The van der Waals surface area contributed by atoms with Gasteiger partial charge in [0.1, 0.15) is 0 Å². The summed E-state index contributed by atoms with van der Waals surface area (Å²) in [6.45, 7) is 7.05. The molecule has 20 heavy (non-hydrogen) atoms. The first-order valence-corrected chi connectivity index (χ1v) is 8.08. The topological polar surface area (TPSA) is 26.3 Å². The molecule has 0 aromatic carbocycles. The minimum absolute atomic E-state index is 0.235. The number of unbranched alkanes of at least 4 members (excludes halogenated alkanes) is 1. The van der Waals surface area contributed by atoms with Crippen molar-refractivity contribution in [1.82, 2.24) is 0 Å². The van der Waals surface area contributed by atoms with Gasteiger partial charge in [0, 0.05) is 4.88 Å². The summed E-state index contributed by atoms with van der Waals surface area (Å²) in [6.07, 6.45) is 10.6. The van der Waals surface area contributed by atoms with Gasteiger partial charge in [-0.2, -0.15) is 0 Å². The van der Waals surface area contributed by atoms with Crippen molar-refractivity contribution in [3.05, 3.63) is 20.9 Å². The maximum absolute atomic E-state index is 12.3. The van der Waals surface area contributed by atoms with Crippen molar-refractivity contribution in [2.75, 3.05) is 6.61 Å². The van der Waals surface area contributed by atoms with Gasteiger partial charge in [-0.25, -0.2) is 4.79 Å². The van der Waals surface area contributed by atoms with E-state index in [1.807, 2.05) is 0 Å². The molecule has 3 heteroatoms. The van der Waals surface area contributed by atoms with E-state index in [1.165, 1.54) is 4.88 Å². The van der Waals surface area contributed by atoms with Gasteiger partial charge in [0.2, 0.25) is 0 Å². The van der Waals surface area contributed by atoms with Crippen molar-refractivity contribution in [2.45, 2.75) is 52.9 Å². The van der Waals surface area contributed by atoms with Crippen LogP contribution in [0, 0.1) is 17.8 Å². The first kappa shape index (κ1) is 15.1. The lowest BCUT2D eigenvalue weighted by Crippen LogP contribution is -2.23. The lowest BCUT2D eigenvalue weighted by Gasteiger charge is -2.29. The van der Waals surface area contributed by atoms with Gasteiger partial charge >= 0.3 is 5.97 Å². The highest BCUT2D eigenvalue weighted by Gasteiger charge is 2.32. The van der Waals surface area contributed by atoms with Crippen molar-refractivity contribution in [1.29, 1.82) is 0 Å². The summed E-state index contributed by atoms with van der Waals surface area (Å²) in [5.74, 6) is 2.43. The van der Waals surface area contributed by atoms with E-state index >= 15 is 0 Å². The zero-order chi connectivity index (χ0) is 14.8. The minimum Gasteiger partial charge on any atom is -0.462 e. The molecule has 0 N–H and O–H groups in total. The van der Waals surface area contributed by atoms with Gasteiger partial charge in [0.15, 0.2) is 0 Å². The summed E-state index contributed by atoms with van der Waals surface area (Å²) in [4.78, 5) is 14.4. The van der Waals surface area contributed by atoms with Crippen molar-refractivity contribution in [3.63, 3.8) is 0 Å². The van der Waals surface area contributed by atoms with Gasteiger partial charge in [0.25, 0.3) is 0 Å². The smallest absolute Gasteiger partial charge is 0.340 e. The number of esters is 1. The fraction of sp³-hybridized carbons (Fsp3) is 0.588. The Labute approximate surface area is 125 Å². The van der Waals surface area contributed by atoms with Gasteiger partial charge in [-0.15, -0.1) is 17.8 Å². The van der Waals surface area contributed by atoms with E-state index in [2.05, 4.69) is 26.7 Å². The third-order valence-corrected chi connectivity index (χ3v) is 5.06. The first-order chi connectivity index (χ1) is 9.48. The summed E-state index contributed by atoms with van der Waals surface area (Å²) in [5, 5.41) is 0. The maximum atomic E-state index is 12.3. The van der Waals surface area contributed by atoms with E-state index in [9.17, 15) is 4.79 Å². The summed E-state index contributed by atoms with van der Waals surface area (Å²) in [6, 6.07) is 0. The van der Waals surface area contributed by atoms with Gasteiger partial charge in [0.05, 0.1) is 17.0 Å². The summed E-state index contributed by atoms with van der Waals surface area (Å²) in [5.41, 5.74) is 2.04. The molecule has 0 saturated heterocycles. The molecular formula is C17H22O2S. The highest BCUT2D eigenvalue weighted by molar-refractivity contribution is 7.13. The van der Waals surface area contributed by atoms with Crippen LogP contribution < -0.4 is 0 Å². The monoisotopic (exact) mass is 290 g/mol. The molecule has 0 bridgehead atoms. The molecule has 0 aliphatic heterocycles. The Morgan fingerprint density at radius 1 is 1.50 bits per heavy atom. The number of rotatable bonds is 4. The van der Waals surface area contributed by atoms with E-state index < -0.39 is 0 Å². The highest BCUT2D eigenvalue weighted by atomic mass is 32.1. The van der Waals surface area contributed by atoms with Gasteiger partial charge in [-0.1, -0.05) is 33.1 Å². The molecule has 0 radical (unpaired) electrons. The molecule has 0 saturated carbocycles. The van der Waals surface area contributed by atoms with Gasteiger partial charge in [-0.3, -0.25) is 0 Å². The van der Waals surface area contributed by atoms with Crippen LogP contribution in [0.25, 0.3) is 0 Å². The average molecular weight is 290 g/mol. The fourth-order valence-electron chi connectivity index (χ4n) is 2.62. The maximum Gasteiger partial charge on any atom is 0.340 e. The molecule has 0 spiro atoms. The standard InChI is InChI=1S/C17H22O2S/c1-5-7-10-19-16(18)15-12-11-17(3,4)9-8-14(12)20-13(15)6-2/h2H,5,7-11H2,1,3-4H3. The number of thiophene rings is 1. The number of hydrogen-bond acceptors (Lipinski definition) is 3. The molecule has 0 unspecified atom stereocenters. The van der Waals surface area contributed by atoms with Crippen LogP contribution in [-0.4, -0.2) is 12.6 Å². The van der Waals surface area contributed by atoms with Crippen LogP contribution in [0.3, 0.4) is 0 Å². The highest BCUT2D eigenvalue weighted by Crippen LogP contribution is 2.41. The van der Waals surface area contributed by atoms with Crippen molar-refractivity contribution in [2.24, 2.45) is 5.41 Å². The summed E-state index contributed by atoms with van der Waals surface area (Å²) < 4.78 is 5.38. The minimum atomic E-state index is -0.235. The Bertz CT molecular complexity index is 546. The zero-order valence-electron chi connectivity index (χ0n) is 12.5. The second-order valence-corrected chi connectivity index (χ2v) is 7.29. The molecule has 108 valence electrons. The summed E-state index contributed by atoms with van der Waals surface area (Å²) in [7, 11) is 0. The van der Waals surface area contributed by atoms with Crippen LogP contribution >= 0.6 is 11.3 Å². The normalized spacial score (nSPS) is 16.3. The predicted octanol–water partition coefficient (Wildman–Crippen LogP) is 4.20. The number of carbonyl (C=O) groups excluding carboxylic acids is 1. The average Bonchev–Trinajstić information content (AvgIpc) is 2.75. The van der Waals surface area contributed by atoms with E-state index in [0.717, 1.165) is 42.5 Å². The molecule has 0 atom stereocenters. The van der Waals surface area contributed by atoms with E-state index in [4.69, 9.17) is 11.2 Å². The first-order valence-electron chi connectivity index (χ1n) is 7.27. The lowest BCUT2D eigenvalue weighted by atomic mass is 9.76. The number of terminal acetylenes is 1. The number of hydrogen-bond donors (Lipinski definition) is 0. The Hall–Kier alpha value is -1.27. The second kappa shape index (κ2) is 6.01. The zero-order valence-corrected chi connectivity index (χ0v) is 13.4. The number of carbonyl (C=O) groups is 1. The van der Waals surface area contributed by atoms with E-state index in [0.29, 0.717) is 12.2 Å². The molecule has 1 heterocycles. The summed E-state index contributed by atoms with van der Waals surface area (Å²) >= 11 is 1.59. The second-order valence-electron chi connectivity index (χ2n) is 6.18. The number of fused-ring (bicyclic) bond motifs is 1. The quantitative estimate of drug-likeness (QED) is 0.472. The van der Waals surface area contributed by atoms with Crippen molar-refractivity contribution >= 4 is 17.3 Å². The largest absolute Gasteiger partial charge is 0.462 e. The Morgan fingerprint density at radius 3 is 2.90 bits per heavy atom. The van der Waals surface area contributed by atoms with Crippen LogP contribution in [0.4, 0.5) is 0 Å². The molecule has 1 aromatic rings. The molecule has 1 aliphatic rings. The Kier molecular flexibility index (Phi) is 4.55. The molecule has 2 nitrogen and oxygen atoms in total. The fourth-order valence-corrected chi connectivity index (χ4v) is 3.73. The van der Waals surface area contributed by atoms with E-state index in [1.54, 1.807) is 11.3 Å². The molecular weight excluding hydrogens is 268 g/mol. The van der Waals surface area contributed by atoms with Crippen LogP contribution in [0.2, 0.25) is 0 Å². The van der Waals surface area contributed by atoms with Crippen LogP contribution in [0.5, 0.6) is 0 Å². The number of ether oxygens (including phenoxy) is 1. The molecule has 0 fully saturated rings. The van der Waals surface area contributed by atoms with Gasteiger partial charge < -0.3 is 4.74 Å². The van der Waals surface area contributed by atoms with Crippen molar-refractivity contribution < 1.29 is 9.53 Å². The third-order valence-electron chi connectivity index (χ3n) is 3.84. The number of aryl methyl sites for hydroxylation is 1. The predicted molar refractivity (Wildman–Crippen MR) is 83.3 cm³/mol. The Morgan fingerprint density at radius 2 is 2.25 bits per heavy atom. The Balaban J connectivity index is 2.30. The molecule has 1 aliphatic carbocycles. The SMILES string of the molecule is C#Cc1sc2c(c1C(=O)OCCCC)CC(C)(C)CC2.